The van der Waals surface area contributed by atoms with E-state index < -0.39 is 5.41 Å². The van der Waals surface area contributed by atoms with Gasteiger partial charge in [-0.2, -0.15) is 0 Å². The fraction of sp³-hybridized carbons (Fsp3) is 0.833. The molecule has 0 heterocycles. The van der Waals surface area contributed by atoms with Gasteiger partial charge < -0.3 is 16.3 Å². The van der Waals surface area contributed by atoms with Crippen LogP contribution in [0.1, 0.15) is 39.0 Å². The molecule has 5 nitrogen and oxygen atoms in total. The molecule has 5 heteroatoms. The lowest BCUT2D eigenvalue weighted by Crippen LogP contribution is -2.42. The van der Waals surface area contributed by atoms with Gasteiger partial charge in [0.1, 0.15) is 5.41 Å². The second kappa shape index (κ2) is 4.55. The molecule has 0 spiro atoms. The molecule has 0 aromatic heterocycles. The Balaban J connectivity index is 1.82. The Kier molecular flexibility index (Phi) is 3.26. The summed E-state index contributed by atoms with van der Waals surface area (Å²) in [4.78, 5) is 12.0. The number of carbonyl (C=O) groups is 1. The first kappa shape index (κ1) is 12.2. The number of hydrogen-bond acceptors (Lipinski definition) is 3. The molecule has 2 saturated carbocycles. The molecule has 4 N–H and O–H groups in total. The maximum absolute atomic E-state index is 12.0. The first-order valence-corrected chi connectivity index (χ1v) is 6.35. The van der Waals surface area contributed by atoms with Gasteiger partial charge in [0.25, 0.3) is 0 Å². The van der Waals surface area contributed by atoms with E-state index in [2.05, 4.69) is 17.4 Å². The van der Waals surface area contributed by atoms with Gasteiger partial charge in [0, 0.05) is 6.54 Å². The van der Waals surface area contributed by atoms with E-state index in [9.17, 15) is 4.79 Å². The maximum Gasteiger partial charge on any atom is 0.233 e. The monoisotopic (exact) mass is 239 g/mol. The highest BCUT2D eigenvalue weighted by Gasteiger charge is 2.54. The Labute approximate surface area is 101 Å². The molecule has 2 fully saturated rings. The molecule has 0 radical (unpaired) electrons. The molecule has 2 unspecified atom stereocenters. The van der Waals surface area contributed by atoms with Crippen molar-refractivity contribution in [1.29, 1.82) is 0 Å². The van der Waals surface area contributed by atoms with Crippen LogP contribution in [-0.4, -0.2) is 23.5 Å². The van der Waals surface area contributed by atoms with E-state index in [1.807, 2.05) is 0 Å². The molecule has 0 aromatic rings. The van der Waals surface area contributed by atoms with E-state index in [1.54, 1.807) is 0 Å². The van der Waals surface area contributed by atoms with E-state index in [-0.39, 0.29) is 11.7 Å². The van der Waals surface area contributed by atoms with Gasteiger partial charge in [0.05, 0.1) is 0 Å². The van der Waals surface area contributed by atoms with Crippen LogP contribution in [0.15, 0.2) is 5.16 Å². The van der Waals surface area contributed by atoms with Crippen molar-refractivity contribution in [3.63, 3.8) is 0 Å². The molecular weight excluding hydrogens is 218 g/mol. The summed E-state index contributed by atoms with van der Waals surface area (Å²) in [5.41, 5.74) is 4.85. The highest BCUT2D eigenvalue weighted by molar-refractivity contribution is 6.09. The number of nitrogens with two attached hydrogens (primary N) is 1. The van der Waals surface area contributed by atoms with E-state index in [0.29, 0.717) is 18.8 Å². The van der Waals surface area contributed by atoms with E-state index >= 15 is 0 Å². The van der Waals surface area contributed by atoms with Crippen molar-refractivity contribution in [2.45, 2.75) is 39.0 Å². The number of amidine groups is 1. The van der Waals surface area contributed by atoms with Crippen molar-refractivity contribution in [1.82, 2.24) is 5.32 Å². The zero-order valence-electron chi connectivity index (χ0n) is 10.3. The summed E-state index contributed by atoms with van der Waals surface area (Å²) in [6.45, 7) is 2.98. The van der Waals surface area contributed by atoms with Gasteiger partial charge in [-0.05, 0) is 37.5 Å². The van der Waals surface area contributed by atoms with Gasteiger partial charge in [-0.25, -0.2) is 0 Å². The summed E-state index contributed by atoms with van der Waals surface area (Å²) in [6.07, 6.45) is 5.02. The van der Waals surface area contributed by atoms with Gasteiger partial charge >= 0.3 is 0 Å². The van der Waals surface area contributed by atoms with Crippen molar-refractivity contribution < 1.29 is 10.0 Å². The molecule has 96 valence electrons. The zero-order valence-corrected chi connectivity index (χ0v) is 10.3. The number of amides is 1. The van der Waals surface area contributed by atoms with Crippen molar-refractivity contribution in [3.8, 4) is 0 Å². The number of nitrogens with zero attached hydrogens (tertiary/aromatic N) is 1. The third-order valence-corrected chi connectivity index (χ3v) is 4.14. The standard InChI is InChI=1S/C12H21N3O2/c1-8-2-3-9(6-8)7-14-11(16)12(4-5-12)10(13)15-17/h8-9,17H,2-7H2,1H3,(H2,13,15)(H,14,16). The van der Waals surface area contributed by atoms with E-state index in [4.69, 9.17) is 10.9 Å². The second-order valence-corrected chi connectivity index (χ2v) is 5.56. The average molecular weight is 239 g/mol. The topological polar surface area (TPSA) is 87.7 Å². The molecule has 2 aliphatic carbocycles. The lowest BCUT2D eigenvalue weighted by molar-refractivity contribution is -0.124. The van der Waals surface area contributed by atoms with Crippen molar-refractivity contribution in [2.24, 2.45) is 28.1 Å². The van der Waals surface area contributed by atoms with Crippen LogP contribution in [0.25, 0.3) is 0 Å². The summed E-state index contributed by atoms with van der Waals surface area (Å²) in [7, 11) is 0. The molecule has 2 atom stereocenters. The van der Waals surface area contributed by atoms with Crippen LogP contribution in [-0.2, 0) is 4.79 Å². The third-order valence-electron chi connectivity index (χ3n) is 4.14. The molecular formula is C12H21N3O2. The second-order valence-electron chi connectivity index (χ2n) is 5.56. The van der Waals surface area contributed by atoms with Crippen LogP contribution >= 0.6 is 0 Å². The Morgan fingerprint density at radius 3 is 2.71 bits per heavy atom. The smallest absolute Gasteiger partial charge is 0.233 e. The fourth-order valence-corrected chi connectivity index (χ4v) is 2.74. The first-order chi connectivity index (χ1) is 8.08. The Hall–Kier alpha value is -1.26. The molecule has 0 aromatic carbocycles. The summed E-state index contributed by atoms with van der Waals surface area (Å²) in [5, 5.41) is 14.6. The summed E-state index contributed by atoms with van der Waals surface area (Å²) in [5.74, 6) is 1.34. The number of nitrogens with one attached hydrogen (secondary N) is 1. The third kappa shape index (κ3) is 2.37. The van der Waals surface area contributed by atoms with Gasteiger partial charge in [-0.3, -0.25) is 4.79 Å². The average Bonchev–Trinajstić information content (AvgIpc) is 3.04. The normalized spacial score (nSPS) is 31.2. The van der Waals surface area contributed by atoms with E-state index in [0.717, 1.165) is 12.5 Å². The number of rotatable bonds is 4. The van der Waals surface area contributed by atoms with Crippen LogP contribution in [0.3, 0.4) is 0 Å². The number of oxime groups is 1. The minimum Gasteiger partial charge on any atom is -0.409 e. The summed E-state index contributed by atoms with van der Waals surface area (Å²) >= 11 is 0. The maximum atomic E-state index is 12.0. The Morgan fingerprint density at radius 2 is 2.24 bits per heavy atom. The first-order valence-electron chi connectivity index (χ1n) is 6.35. The number of carbonyl (C=O) groups excluding carboxylic acids is 1. The molecule has 2 rings (SSSR count). The molecule has 2 aliphatic rings. The quantitative estimate of drug-likeness (QED) is 0.297. The van der Waals surface area contributed by atoms with Gasteiger partial charge in [-0.1, -0.05) is 18.5 Å². The fourth-order valence-electron chi connectivity index (χ4n) is 2.74. The minimum atomic E-state index is -0.709. The van der Waals surface area contributed by atoms with Crippen LogP contribution in [0.2, 0.25) is 0 Å². The highest BCUT2D eigenvalue weighted by Crippen LogP contribution is 2.46. The SMILES string of the molecule is CC1CCC(CNC(=O)C2(C(N)=NO)CC2)C1. The predicted octanol–water partition coefficient (Wildman–Crippen LogP) is 1.07. The molecule has 1 amide bonds. The Bertz CT molecular complexity index is 337. The van der Waals surface area contributed by atoms with Crippen LogP contribution < -0.4 is 11.1 Å². The minimum absolute atomic E-state index is 0.0507. The van der Waals surface area contributed by atoms with Crippen LogP contribution in [0.5, 0.6) is 0 Å². The zero-order chi connectivity index (χ0) is 12.5. The number of hydrogen-bond donors (Lipinski definition) is 3. The van der Waals surface area contributed by atoms with Gasteiger partial charge in [0.2, 0.25) is 5.91 Å². The molecule has 0 saturated heterocycles. The summed E-state index contributed by atoms with van der Waals surface area (Å²) in [6, 6.07) is 0. The van der Waals surface area contributed by atoms with Crippen molar-refractivity contribution >= 4 is 11.7 Å². The molecule has 0 bridgehead atoms. The molecule has 17 heavy (non-hydrogen) atoms. The van der Waals surface area contributed by atoms with Gasteiger partial charge in [-0.15, -0.1) is 0 Å². The van der Waals surface area contributed by atoms with E-state index in [1.165, 1.54) is 19.3 Å². The summed E-state index contributed by atoms with van der Waals surface area (Å²) < 4.78 is 0. The van der Waals surface area contributed by atoms with Crippen molar-refractivity contribution in [3.05, 3.63) is 0 Å². The van der Waals surface area contributed by atoms with Crippen molar-refractivity contribution in [2.75, 3.05) is 6.54 Å². The van der Waals surface area contributed by atoms with Crippen LogP contribution in [0.4, 0.5) is 0 Å². The molecule has 0 aliphatic heterocycles. The lowest BCUT2D eigenvalue weighted by Gasteiger charge is -2.16. The van der Waals surface area contributed by atoms with Crippen LogP contribution in [0, 0.1) is 17.3 Å². The van der Waals surface area contributed by atoms with Gasteiger partial charge in [0.15, 0.2) is 5.84 Å². The highest BCUT2D eigenvalue weighted by atomic mass is 16.4. The lowest BCUT2D eigenvalue weighted by atomic mass is 10.0. The largest absolute Gasteiger partial charge is 0.409 e. The predicted molar refractivity (Wildman–Crippen MR) is 64.6 cm³/mol. The Morgan fingerprint density at radius 1 is 1.53 bits per heavy atom.